The Balaban J connectivity index is 2.20. The van der Waals surface area contributed by atoms with Crippen molar-refractivity contribution >= 4 is 21.4 Å². The molecule has 0 amide bonds. The molecule has 114 valence electrons. The van der Waals surface area contributed by atoms with E-state index in [2.05, 4.69) is 4.98 Å². The van der Waals surface area contributed by atoms with Crippen molar-refractivity contribution in [2.24, 2.45) is 5.14 Å². The number of nitrogens with zero attached hydrogens (tertiary/aromatic N) is 1. The lowest BCUT2D eigenvalue weighted by Crippen LogP contribution is -2.12. The Bertz CT molecular complexity index is 734. The van der Waals surface area contributed by atoms with Crippen LogP contribution in [0.2, 0.25) is 0 Å². The average Bonchev–Trinajstić information content (AvgIpc) is 2.74. The Morgan fingerprint density at radius 2 is 2.00 bits per heavy atom. The SMILES string of the molecule is COc1cc(S(N)(=O)=O)ccc1OCc1nc(C)c(C)s1. The standard InChI is InChI=1S/C13H16N2O4S2/c1-8-9(2)20-13(15-8)7-19-11-5-4-10(21(14,16)17)6-12(11)18-3/h4-6H,7H2,1-3H3,(H2,14,16,17). The second-order valence-corrected chi connectivity index (χ2v) is 7.24. The van der Waals surface area contributed by atoms with Crippen LogP contribution in [0.4, 0.5) is 0 Å². The molecule has 0 aliphatic rings. The van der Waals surface area contributed by atoms with Crippen LogP contribution >= 0.6 is 11.3 Å². The van der Waals surface area contributed by atoms with Crippen LogP contribution in [0.5, 0.6) is 11.5 Å². The third-order valence-electron chi connectivity index (χ3n) is 2.89. The Hall–Kier alpha value is -1.64. The zero-order valence-corrected chi connectivity index (χ0v) is 13.5. The minimum atomic E-state index is -3.77. The van der Waals surface area contributed by atoms with Gasteiger partial charge in [-0.3, -0.25) is 0 Å². The number of hydrogen-bond donors (Lipinski definition) is 1. The predicted octanol–water partition coefficient (Wildman–Crippen LogP) is 1.99. The van der Waals surface area contributed by atoms with E-state index in [9.17, 15) is 8.42 Å². The highest BCUT2D eigenvalue weighted by atomic mass is 32.2. The quantitative estimate of drug-likeness (QED) is 0.906. The summed E-state index contributed by atoms with van der Waals surface area (Å²) in [5, 5.41) is 5.93. The summed E-state index contributed by atoms with van der Waals surface area (Å²) in [5.74, 6) is 0.752. The zero-order chi connectivity index (χ0) is 15.6. The van der Waals surface area contributed by atoms with Gasteiger partial charge in [0.1, 0.15) is 11.6 Å². The van der Waals surface area contributed by atoms with Crippen LogP contribution < -0.4 is 14.6 Å². The van der Waals surface area contributed by atoms with Crippen LogP contribution in [-0.4, -0.2) is 20.5 Å². The van der Waals surface area contributed by atoms with Crippen LogP contribution in [0.3, 0.4) is 0 Å². The van der Waals surface area contributed by atoms with Crippen molar-refractivity contribution in [3.05, 3.63) is 33.8 Å². The maximum Gasteiger partial charge on any atom is 0.238 e. The summed E-state index contributed by atoms with van der Waals surface area (Å²) < 4.78 is 33.4. The van der Waals surface area contributed by atoms with E-state index in [0.29, 0.717) is 18.1 Å². The maximum atomic E-state index is 11.3. The van der Waals surface area contributed by atoms with Gasteiger partial charge in [-0.25, -0.2) is 18.5 Å². The molecule has 0 aliphatic heterocycles. The molecule has 1 aromatic heterocycles. The molecule has 2 rings (SSSR count). The first kappa shape index (κ1) is 15.7. The molecule has 21 heavy (non-hydrogen) atoms. The normalized spacial score (nSPS) is 11.4. The fraction of sp³-hybridized carbons (Fsp3) is 0.308. The lowest BCUT2D eigenvalue weighted by atomic mass is 10.3. The number of thiazole rings is 1. The molecule has 1 aromatic carbocycles. The first-order chi connectivity index (χ1) is 9.81. The number of hydrogen-bond acceptors (Lipinski definition) is 6. The monoisotopic (exact) mass is 328 g/mol. The van der Waals surface area contributed by atoms with Crippen molar-refractivity contribution in [1.29, 1.82) is 0 Å². The van der Waals surface area contributed by atoms with Gasteiger partial charge in [-0.2, -0.15) is 0 Å². The number of methoxy groups -OCH3 is 1. The summed E-state index contributed by atoms with van der Waals surface area (Å²) in [6, 6.07) is 4.24. The van der Waals surface area contributed by atoms with E-state index in [1.54, 1.807) is 11.3 Å². The van der Waals surface area contributed by atoms with Crippen molar-refractivity contribution in [2.45, 2.75) is 25.3 Å². The Labute approximate surface area is 127 Å². The second kappa shape index (κ2) is 6.00. The predicted molar refractivity (Wildman–Crippen MR) is 80.3 cm³/mol. The highest BCUT2D eigenvalue weighted by Crippen LogP contribution is 2.30. The molecular formula is C13H16N2O4S2. The fourth-order valence-corrected chi connectivity index (χ4v) is 3.06. The summed E-state index contributed by atoms with van der Waals surface area (Å²) in [4.78, 5) is 5.50. The number of primary sulfonamides is 1. The molecule has 0 saturated carbocycles. The lowest BCUT2D eigenvalue weighted by Gasteiger charge is -2.10. The summed E-state index contributed by atoms with van der Waals surface area (Å²) in [6.45, 7) is 4.24. The molecule has 0 aliphatic carbocycles. The Morgan fingerprint density at radius 1 is 1.29 bits per heavy atom. The highest BCUT2D eigenvalue weighted by molar-refractivity contribution is 7.89. The van der Waals surface area contributed by atoms with E-state index in [0.717, 1.165) is 15.6 Å². The molecule has 1 heterocycles. The molecule has 0 fully saturated rings. The average molecular weight is 328 g/mol. The topological polar surface area (TPSA) is 91.5 Å². The number of rotatable bonds is 5. The number of nitrogens with two attached hydrogens (primary N) is 1. The molecule has 0 atom stereocenters. The van der Waals surface area contributed by atoms with E-state index in [1.165, 1.54) is 25.3 Å². The minimum absolute atomic E-state index is 0.0207. The molecule has 8 heteroatoms. The highest BCUT2D eigenvalue weighted by Gasteiger charge is 2.13. The van der Waals surface area contributed by atoms with Crippen molar-refractivity contribution in [3.63, 3.8) is 0 Å². The third kappa shape index (κ3) is 3.72. The van der Waals surface area contributed by atoms with Crippen molar-refractivity contribution in [3.8, 4) is 11.5 Å². The van der Waals surface area contributed by atoms with Gasteiger partial charge in [-0.15, -0.1) is 11.3 Å². The first-order valence-corrected chi connectivity index (χ1v) is 8.44. The van der Waals surface area contributed by atoms with Gasteiger partial charge in [-0.1, -0.05) is 0 Å². The van der Waals surface area contributed by atoms with Gasteiger partial charge in [0.05, 0.1) is 17.7 Å². The second-order valence-electron chi connectivity index (χ2n) is 4.40. The van der Waals surface area contributed by atoms with Crippen LogP contribution in [0.25, 0.3) is 0 Å². The number of sulfonamides is 1. The summed E-state index contributed by atoms with van der Waals surface area (Å²) in [7, 11) is -2.33. The van der Waals surface area contributed by atoms with Gasteiger partial charge < -0.3 is 9.47 Å². The van der Waals surface area contributed by atoms with Crippen molar-refractivity contribution in [2.75, 3.05) is 7.11 Å². The molecule has 0 bridgehead atoms. The molecular weight excluding hydrogens is 312 g/mol. The number of benzene rings is 1. The van der Waals surface area contributed by atoms with E-state index in [-0.39, 0.29) is 4.90 Å². The molecule has 2 aromatic rings. The number of ether oxygens (including phenoxy) is 2. The zero-order valence-electron chi connectivity index (χ0n) is 11.9. The molecule has 0 spiro atoms. The van der Waals surface area contributed by atoms with E-state index in [1.807, 2.05) is 13.8 Å². The van der Waals surface area contributed by atoms with Gasteiger partial charge in [0, 0.05) is 10.9 Å². The molecule has 2 N–H and O–H groups in total. The molecule has 6 nitrogen and oxygen atoms in total. The van der Waals surface area contributed by atoms with E-state index >= 15 is 0 Å². The smallest absolute Gasteiger partial charge is 0.238 e. The molecule has 0 radical (unpaired) electrons. The fourth-order valence-electron chi connectivity index (χ4n) is 1.68. The van der Waals surface area contributed by atoms with Crippen LogP contribution in [-0.2, 0) is 16.6 Å². The Morgan fingerprint density at radius 3 is 2.52 bits per heavy atom. The minimum Gasteiger partial charge on any atom is -0.493 e. The summed E-state index contributed by atoms with van der Waals surface area (Å²) in [5.41, 5.74) is 0.982. The molecule has 0 unspecified atom stereocenters. The van der Waals surface area contributed by atoms with Gasteiger partial charge in [0.2, 0.25) is 10.0 Å². The van der Waals surface area contributed by atoms with Gasteiger partial charge in [-0.05, 0) is 26.0 Å². The Kier molecular flexibility index (Phi) is 4.50. The van der Waals surface area contributed by atoms with E-state index in [4.69, 9.17) is 14.6 Å². The summed E-state index contributed by atoms with van der Waals surface area (Å²) >= 11 is 1.56. The maximum absolute atomic E-state index is 11.3. The van der Waals surface area contributed by atoms with Crippen LogP contribution in [0.1, 0.15) is 15.6 Å². The first-order valence-electron chi connectivity index (χ1n) is 6.08. The van der Waals surface area contributed by atoms with Gasteiger partial charge in [0.15, 0.2) is 11.5 Å². The number of aryl methyl sites for hydroxylation is 2. The van der Waals surface area contributed by atoms with E-state index < -0.39 is 10.0 Å². The van der Waals surface area contributed by atoms with Crippen molar-refractivity contribution < 1.29 is 17.9 Å². The van der Waals surface area contributed by atoms with Gasteiger partial charge in [0.25, 0.3) is 0 Å². The number of aromatic nitrogens is 1. The van der Waals surface area contributed by atoms with Crippen LogP contribution in [0, 0.1) is 13.8 Å². The van der Waals surface area contributed by atoms with Gasteiger partial charge >= 0.3 is 0 Å². The van der Waals surface area contributed by atoms with Crippen LogP contribution in [0.15, 0.2) is 23.1 Å². The summed E-state index contributed by atoms with van der Waals surface area (Å²) in [6.07, 6.45) is 0. The third-order valence-corrected chi connectivity index (χ3v) is 4.84. The molecule has 0 saturated heterocycles. The largest absolute Gasteiger partial charge is 0.493 e. The lowest BCUT2D eigenvalue weighted by molar-refractivity contribution is 0.283. The van der Waals surface area contributed by atoms with Crippen molar-refractivity contribution in [1.82, 2.24) is 4.98 Å².